The molecule has 82 valence electrons. The Hall–Kier alpha value is -1.19. The Morgan fingerprint density at radius 3 is 2.56 bits per heavy atom. The first-order valence-electron chi connectivity index (χ1n) is 5.08. The van der Waals surface area contributed by atoms with Gasteiger partial charge < -0.3 is 5.11 Å². The number of benzene rings is 1. The molecular weight excluding hydrogens is 266 g/mol. The summed E-state index contributed by atoms with van der Waals surface area (Å²) in [5.41, 5.74) is 1.96. The van der Waals surface area contributed by atoms with E-state index in [1.165, 1.54) is 0 Å². The Labute approximate surface area is 103 Å². The van der Waals surface area contributed by atoms with E-state index in [1.807, 2.05) is 36.4 Å². The Balaban J connectivity index is 2.09. The summed E-state index contributed by atoms with van der Waals surface area (Å²) in [6.45, 7) is 0. The molecule has 1 aromatic heterocycles. The molecule has 0 bridgehead atoms. The average molecular weight is 278 g/mol. The van der Waals surface area contributed by atoms with E-state index in [-0.39, 0.29) is 0 Å². The number of nitrogens with zero attached hydrogens (tertiary/aromatic N) is 1. The summed E-state index contributed by atoms with van der Waals surface area (Å²) in [5.74, 6) is 0. The lowest BCUT2D eigenvalue weighted by molar-refractivity contribution is 0.178. The van der Waals surface area contributed by atoms with Crippen molar-refractivity contribution in [2.75, 3.05) is 0 Å². The second-order valence-corrected chi connectivity index (χ2v) is 4.55. The van der Waals surface area contributed by atoms with Crippen molar-refractivity contribution >= 4 is 15.9 Å². The molecule has 0 radical (unpaired) electrons. The highest BCUT2D eigenvalue weighted by molar-refractivity contribution is 9.10. The third kappa shape index (κ3) is 2.90. The zero-order valence-electron chi connectivity index (χ0n) is 8.68. The van der Waals surface area contributed by atoms with Gasteiger partial charge in [-0.15, -0.1) is 0 Å². The zero-order valence-corrected chi connectivity index (χ0v) is 10.3. The Bertz CT molecular complexity index is 441. The highest BCUT2D eigenvalue weighted by Gasteiger charge is 2.08. The first-order chi connectivity index (χ1) is 7.75. The summed E-state index contributed by atoms with van der Waals surface area (Å²) in [5, 5.41) is 10.0. The van der Waals surface area contributed by atoms with Crippen LogP contribution in [0.4, 0.5) is 0 Å². The van der Waals surface area contributed by atoms with Gasteiger partial charge in [0.15, 0.2) is 0 Å². The maximum absolute atomic E-state index is 10.0. The minimum absolute atomic E-state index is 0.475. The molecule has 16 heavy (non-hydrogen) atoms. The van der Waals surface area contributed by atoms with Crippen LogP contribution >= 0.6 is 15.9 Å². The van der Waals surface area contributed by atoms with E-state index in [4.69, 9.17) is 0 Å². The monoisotopic (exact) mass is 277 g/mol. The Morgan fingerprint density at radius 2 is 1.94 bits per heavy atom. The van der Waals surface area contributed by atoms with E-state index in [0.29, 0.717) is 6.42 Å². The summed E-state index contributed by atoms with van der Waals surface area (Å²) >= 11 is 3.37. The summed E-state index contributed by atoms with van der Waals surface area (Å²) in [7, 11) is 0. The van der Waals surface area contributed by atoms with Gasteiger partial charge in [0.2, 0.25) is 0 Å². The first kappa shape index (κ1) is 11.3. The second kappa shape index (κ2) is 5.23. The number of aliphatic hydroxyl groups is 1. The molecule has 2 aromatic rings. The van der Waals surface area contributed by atoms with Crippen molar-refractivity contribution in [2.45, 2.75) is 12.5 Å². The molecule has 1 heterocycles. The molecule has 0 amide bonds. The van der Waals surface area contributed by atoms with Gasteiger partial charge in [-0.05, 0) is 29.3 Å². The van der Waals surface area contributed by atoms with Crippen molar-refractivity contribution in [1.82, 2.24) is 4.98 Å². The minimum atomic E-state index is -0.475. The molecule has 1 atom stereocenters. The zero-order chi connectivity index (χ0) is 11.4. The van der Waals surface area contributed by atoms with Crippen molar-refractivity contribution in [2.24, 2.45) is 0 Å². The van der Waals surface area contributed by atoms with Gasteiger partial charge in [-0.25, -0.2) is 0 Å². The van der Waals surface area contributed by atoms with Crippen molar-refractivity contribution < 1.29 is 5.11 Å². The number of aromatic nitrogens is 1. The molecule has 3 heteroatoms. The largest absolute Gasteiger partial charge is 0.388 e. The third-order valence-corrected chi connectivity index (χ3v) is 2.94. The number of hydrogen-bond acceptors (Lipinski definition) is 2. The highest BCUT2D eigenvalue weighted by atomic mass is 79.9. The van der Waals surface area contributed by atoms with Crippen molar-refractivity contribution in [1.29, 1.82) is 0 Å². The van der Waals surface area contributed by atoms with Gasteiger partial charge >= 0.3 is 0 Å². The van der Waals surface area contributed by atoms with E-state index in [0.717, 1.165) is 15.6 Å². The number of aliphatic hydroxyl groups excluding tert-OH is 1. The quantitative estimate of drug-likeness (QED) is 0.935. The fraction of sp³-hybridized carbons (Fsp3) is 0.154. The van der Waals surface area contributed by atoms with Crippen LogP contribution in [0.25, 0.3) is 0 Å². The standard InChI is InChI=1S/C13H12BrNO/c14-12-5-3-11(4-6-12)13(16)8-10-2-1-7-15-9-10/h1-7,9,13,16H,8H2. The van der Waals surface area contributed by atoms with Crippen LogP contribution in [0, 0.1) is 0 Å². The van der Waals surface area contributed by atoms with Crippen LogP contribution in [0.15, 0.2) is 53.3 Å². The summed E-state index contributed by atoms with van der Waals surface area (Å²) in [6.07, 6.45) is 3.63. The van der Waals surface area contributed by atoms with Crippen LogP contribution in [-0.2, 0) is 6.42 Å². The van der Waals surface area contributed by atoms with Gasteiger partial charge in [0.05, 0.1) is 6.10 Å². The van der Waals surface area contributed by atoms with E-state index >= 15 is 0 Å². The molecule has 1 aromatic carbocycles. The molecule has 1 unspecified atom stereocenters. The van der Waals surface area contributed by atoms with Gasteiger partial charge in [-0.1, -0.05) is 34.1 Å². The molecule has 2 rings (SSSR count). The predicted molar refractivity (Wildman–Crippen MR) is 67.0 cm³/mol. The summed E-state index contributed by atoms with van der Waals surface area (Å²) in [6, 6.07) is 11.6. The molecule has 0 saturated carbocycles. The second-order valence-electron chi connectivity index (χ2n) is 3.63. The van der Waals surface area contributed by atoms with Gasteiger partial charge in [0.1, 0.15) is 0 Å². The molecule has 0 aliphatic heterocycles. The lowest BCUT2D eigenvalue weighted by atomic mass is 10.0. The van der Waals surface area contributed by atoms with Crippen LogP contribution in [0.2, 0.25) is 0 Å². The van der Waals surface area contributed by atoms with Crippen molar-refractivity contribution in [3.05, 3.63) is 64.4 Å². The first-order valence-corrected chi connectivity index (χ1v) is 5.87. The fourth-order valence-electron chi connectivity index (χ4n) is 1.54. The molecule has 0 saturated heterocycles. The normalized spacial score (nSPS) is 12.4. The molecule has 2 nitrogen and oxygen atoms in total. The van der Waals surface area contributed by atoms with Crippen molar-refractivity contribution in [3.8, 4) is 0 Å². The number of halogens is 1. The van der Waals surface area contributed by atoms with E-state index in [1.54, 1.807) is 12.4 Å². The van der Waals surface area contributed by atoms with Crippen molar-refractivity contribution in [3.63, 3.8) is 0 Å². The molecule has 0 spiro atoms. The Morgan fingerprint density at radius 1 is 1.19 bits per heavy atom. The molecule has 0 aliphatic carbocycles. The van der Waals surface area contributed by atoms with E-state index in [2.05, 4.69) is 20.9 Å². The average Bonchev–Trinajstić information content (AvgIpc) is 2.31. The molecule has 1 N–H and O–H groups in total. The third-order valence-electron chi connectivity index (χ3n) is 2.41. The van der Waals surface area contributed by atoms with Crippen LogP contribution in [-0.4, -0.2) is 10.1 Å². The SMILES string of the molecule is OC(Cc1cccnc1)c1ccc(Br)cc1. The topological polar surface area (TPSA) is 33.1 Å². The fourth-order valence-corrected chi connectivity index (χ4v) is 1.81. The van der Waals surface area contributed by atoms with Gasteiger partial charge in [0.25, 0.3) is 0 Å². The maximum atomic E-state index is 10.0. The van der Waals surface area contributed by atoms with Gasteiger partial charge in [0, 0.05) is 23.3 Å². The van der Waals surface area contributed by atoms with E-state index < -0.39 is 6.10 Å². The maximum Gasteiger partial charge on any atom is 0.0830 e. The van der Waals surface area contributed by atoms with Crippen LogP contribution in [0.5, 0.6) is 0 Å². The summed E-state index contributed by atoms with van der Waals surface area (Å²) in [4.78, 5) is 4.03. The molecular formula is C13H12BrNO. The van der Waals surface area contributed by atoms with Crippen LogP contribution < -0.4 is 0 Å². The smallest absolute Gasteiger partial charge is 0.0830 e. The highest BCUT2D eigenvalue weighted by Crippen LogP contribution is 2.20. The van der Waals surface area contributed by atoms with Crippen LogP contribution in [0.1, 0.15) is 17.2 Å². The van der Waals surface area contributed by atoms with Crippen LogP contribution in [0.3, 0.4) is 0 Å². The van der Waals surface area contributed by atoms with E-state index in [9.17, 15) is 5.11 Å². The minimum Gasteiger partial charge on any atom is -0.388 e. The number of hydrogen-bond donors (Lipinski definition) is 1. The number of rotatable bonds is 3. The summed E-state index contributed by atoms with van der Waals surface area (Å²) < 4.78 is 1.02. The lowest BCUT2D eigenvalue weighted by Gasteiger charge is -2.10. The number of pyridine rings is 1. The molecule has 0 fully saturated rings. The van der Waals surface area contributed by atoms with Gasteiger partial charge in [-0.2, -0.15) is 0 Å². The predicted octanol–water partition coefficient (Wildman–Crippen LogP) is 3.12. The van der Waals surface area contributed by atoms with Gasteiger partial charge in [-0.3, -0.25) is 4.98 Å². The lowest BCUT2D eigenvalue weighted by Crippen LogP contribution is -2.01. The molecule has 0 aliphatic rings. The Kier molecular flexibility index (Phi) is 3.70.